The first-order valence-corrected chi connectivity index (χ1v) is 5.76. The molecule has 94 valence electrons. The van der Waals surface area contributed by atoms with Gasteiger partial charge in [0.05, 0.1) is 5.69 Å². The van der Waals surface area contributed by atoms with Crippen molar-refractivity contribution >= 4 is 17.3 Å². The van der Waals surface area contributed by atoms with E-state index in [-0.39, 0.29) is 16.3 Å². The third kappa shape index (κ3) is 2.36. The molecule has 0 amide bonds. The molecule has 2 aromatic rings. The van der Waals surface area contributed by atoms with E-state index in [4.69, 9.17) is 10.8 Å². The number of aromatic nitrogens is 1. The third-order valence-electron chi connectivity index (χ3n) is 2.27. The Labute approximate surface area is 105 Å². The first kappa shape index (κ1) is 12.6. The van der Waals surface area contributed by atoms with Crippen molar-refractivity contribution in [3.63, 3.8) is 0 Å². The molecule has 1 aromatic heterocycles. The van der Waals surface area contributed by atoms with E-state index in [0.717, 1.165) is 29.5 Å². The molecule has 0 saturated heterocycles. The van der Waals surface area contributed by atoms with Gasteiger partial charge < -0.3 is 10.8 Å². The molecule has 3 N–H and O–H groups in total. The lowest BCUT2D eigenvalue weighted by atomic mass is 10.2. The number of rotatable bonds is 3. The monoisotopic (exact) mass is 270 g/mol. The zero-order valence-electron chi connectivity index (χ0n) is 8.93. The third-order valence-corrected chi connectivity index (χ3v) is 3.16. The molecule has 7 heteroatoms. The molecule has 1 aromatic carbocycles. The maximum Gasteiger partial charge on any atom is 0.326 e. The SMILES string of the molecule is NC(C(=O)O)c1csc(-c2cc(F)ccc2F)n1. The van der Waals surface area contributed by atoms with Crippen molar-refractivity contribution in [3.8, 4) is 10.6 Å². The van der Waals surface area contributed by atoms with Gasteiger partial charge in [-0.3, -0.25) is 4.79 Å². The van der Waals surface area contributed by atoms with Crippen molar-refractivity contribution in [2.24, 2.45) is 5.73 Å². The average Bonchev–Trinajstić information content (AvgIpc) is 2.80. The molecule has 4 nitrogen and oxygen atoms in total. The predicted molar refractivity (Wildman–Crippen MR) is 62.0 cm³/mol. The highest BCUT2D eigenvalue weighted by atomic mass is 32.1. The Kier molecular flexibility index (Phi) is 3.35. The first-order valence-electron chi connectivity index (χ1n) is 4.88. The van der Waals surface area contributed by atoms with Crippen molar-refractivity contribution in [2.45, 2.75) is 6.04 Å². The molecule has 1 heterocycles. The van der Waals surface area contributed by atoms with Crippen molar-refractivity contribution in [1.29, 1.82) is 0 Å². The molecular weight excluding hydrogens is 262 g/mol. The molecule has 0 bridgehead atoms. The number of halogens is 2. The maximum atomic E-state index is 13.5. The minimum atomic E-state index is -1.27. The van der Waals surface area contributed by atoms with E-state index in [1.165, 1.54) is 5.38 Å². The summed E-state index contributed by atoms with van der Waals surface area (Å²) in [5.41, 5.74) is 5.48. The van der Waals surface area contributed by atoms with Crippen molar-refractivity contribution in [2.75, 3.05) is 0 Å². The van der Waals surface area contributed by atoms with Crippen molar-refractivity contribution in [3.05, 3.63) is 40.9 Å². The Balaban J connectivity index is 2.41. The Hall–Kier alpha value is -1.86. The van der Waals surface area contributed by atoms with Gasteiger partial charge in [-0.15, -0.1) is 11.3 Å². The van der Waals surface area contributed by atoms with E-state index in [1.807, 2.05) is 0 Å². The van der Waals surface area contributed by atoms with Gasteiger partial charge in [0, 0.05) is 10.9 Å². The number of nitrogens with two attached hydrogens (primary N) is 1. The summed E-state index contributed by atoms with van der Waals surface area (Å²) in [6.45, 7) is 0. The van der Waals surface area contributed by atoms with Crippen LogP contribution >= 0.6 is 11.3 Å². The molecule has 1 unspecified atom stereocenters. The zero-order valence-corrected chi connectivity index (χ0v) is 9.75. The van der Waals surface area contributed by atoms with E-state index in [9.17, 15) is 13.6 Å². The molecule has 0 fully saturated rings. The molecular formula is C11H8F2N2O2S. The minimum absolute atomic E-state index is 0.0103. The molecule has 0 spiro atoms. The van der Waals surface area contributed by atoms with Crippen molar-refractivity contribution in [1.82, 2.24) is 4.98 Å². The Morgan fingerprint density at radius 3 is 2.83 bits per heavy atom. The van der Waals surface area contributed by atoms with Gasteiger partial charge in [-0.1, -0.05) is 0 Å². The van der Waals surface area contributed by atoms with Crippen LogP contribution in [-0.2, 0) is 4.79 Å². The van der Waals surface area contributed by atoms with Crippen LogP contribution in [0.3, 0.4) is 0 Å². The number of nitrogens with zero attached hydrogens (tertiary/aromatic N) is 1. The summed E-state index contributed by atoms with van der Waals surface area (Å²) < 4.78 is 26.5. The number of thiazole rings is 1. The molecule has 1 atom stereocenters. The quantitative estimate of drug-likeness (QED) is 0.896. The number of carboxylic acid groups (broad SMARTS) is 1. The lowest BCUT2D eigenvalue weighted by Crippen LogP contribution is -2.20. The molecule has 0 radical (unpaired) electrons. The normalized spacial score (nSPS) is 12.4. The van der Waals surface area contributed by atoms with Crippen LogP contribution in [0.5, 0.6) is 0 Å². The fourth-order valence-corrected chi connectivity index (χ4v) is 2.21. The van der Waals surface area contributed by atoms with Gasteiger partial charge in [0.1, 0.15) is 22.7 Å². The smallest absolute Gasteiger partial charge is 0.326 e. The van der Waals surface area contributed by atoms with Crippen LogP contribution < -0.4 is 5.73 Å². The average molecular weight is 270 g/mol. The fraction of sp³-hybridized carbons (Fsp3) is 0.0909. The van der Waals surface area contributed by atoms with E-state index in [1.54, 1.807) is 0 Å². The Bertz CT molecular complexity index is 600. The second kappa shape index (κ2) is 4.79. The zero-order chi connectivity index (χ0) is 13.3. The summed E-state index contributed by atoms with van der Waals surface area (Å²) in [7, 11) is 0. The predicted octanol–water partition coefficient (Wildman–Crippen LogP) is 2.17. The summed E-state index contributed by atoms with van der Waals surface area (Å²) in [6.07, 6.45) is 0. The highest BCUT2D eigenvalue weighted by molar-refractivity contribution is 7.13. The highest BCUT2D eigenvalue weighted by Gasteiger charge is 2.19. The van der Waals surface area contributed by atoms with Gasteiger partial charge >= 0.3 is 5.97 Å². The van der Waals surface area contributed by atoms with Gasteiger partial charge in [-0.05, 0) is 18.2 Å². The lowest BCUT2D eigenvalue weighted by Gasteiger charge is -2.01. The van der Waals surface area contributed by atoms with Crippen LogP contribution in [0.25, 0.3) is 10.6 Å². The first-order chi connectivity index (χ1) is 8.49. The lowest BCUT2D eigenvalue weighted by molar-refractivity contribution is -0.138. The molecule has 0 aliphatic heterocycles. The largest absolute Gasteiger partial charge is 0.480 e. The summed E-state index contributed by atoms with van der Waals surface area (Å²) >= 11 is 1.01. The van der Waals surface area contributed by atoms with Crippen LogP contribution in [0, 0.1) is 11.6 Å². The minimum Gasteiger partial charge on any atom is -0.480 e. The summed E-state index contributed by atoms with van der Waals surface area (Å²) in [5.74, 6) is -2.45. The second-order valence-electron chi connectivity index (χ2n) is 3.52. The van der Waals surface area contributed by atoms with Gasteiger partial charge in [0.25, 0.3) is 0 Å². The van der Waals surface area contributed by atoms with E-state index >= 15 is 0 Å². The van der Waals surface area contributed by atoms with Crippen LogP contribution in [0.2, 0.25) is 0 Å². The van der Waals surface area contributed by atoms with Gasteiger partial charge in [0.15, 0.2) is 0 Å². The Morgan fingerprint density at radius 2 is 2.17 bits per heavy atom. The van der Waals surface area contributed by atoms with Crippen LogP contribution in [-0.4, -0.2) is 16.1 Å². The Morgan fingerprint density at radius 1 is 1.44 bits per heavy atom. The van der Waals surface area contributed by atoms with E-state index < -0.39 is 23.6 Å². The summed E-state index contributed by atoms with van der Waals surface area (Å²) in [4.78, 5) is 14.6. The molecule has 0 aliphatic carbocycles. The van der Waals surface area contributed by atoms with Crippen LogP contribution in [0.4, 0.5) is 8.78 Å². The summed E-state index contributed by atoms with van der Waals surface area (Å²) in [5, 5.41) is 10.3. The number of benzene rings is 1. The van der Waals surface area contributed by atoms with Gasteiger partial charge in [-0.25, -0.2) is 13.8 Å². The number of carboxylic acids is 1. The molecule has 18 heavy (non-hydrogen) atoms. The van der Waals surface area contributed by atoms with Crippen molar-refractivity contribution < 1.29 is 18.7 Å². The van der Waals surface area contributed by atoms with E-state index in [0.29, 0.717) is 0 Å². The van der Waals surface area contributed by atoms with Crippen LogP contribution in [0.15, 0.2) is 23.6 Å². The fourth-order valence-electron chi connectivity index (χ4n) is 1.34. The topological polar surface area (TPSA) is 76.2 Å². The number of carbonyl (C=O) groups is 1. The number of hydrogen-bond acceptors (Lipinski definition) is 4. The van der Waals surface area contributed by atoms with Gasteiger partial charge in [-0.2, -0.15) is 0 Å². The van der Waals surface area contributed by atoms with E-state index in [2.05, 4.69) is 4.98 Å². The second-order valence-corrected chi connectivity index (χ2v) is 4.38. The molecule has 0 aliphatic rings. The highest BCUT2D eigenvalue weighted by Crippen LogP contribution is 2.28. The molecule has 2 rings (SSSR count). The van der Waals surface area contributed by atoms with Crippen LogP contribution in [0.1, 0.15) is 11.7 Å². The molecule has 0 saturated carbocycles. The maximum absolute atomic E-state index is 13.5. The standard InChI is InChI=1S/C11H8F2N2O2S/c12-5-1-2-7(13)6(3-5)10-15-8(4-18-10)9(14)11(16)17/h1-4,9H,14H2,(H,16,17). The number of hydrogen-bond donors (Lipinski definition) is 2. The number of aliphatic carboxylic acids is 1. The van der Waals surface area contributed by atoms with Gasteiger partial charge in [0.2, 0.25) is 0 Å². The summed E-state index contributed by atoms with van der Waals surface area (Å²) in [6, 6.07) is 1.72.